The Morgan fingerprint density at radius 3 is 2.86 bits per heavy atom. The predicted octanol–water partition coefficient (Wildman–Crippen LogP) is 4.52. The molecule has 0 saturated carbocycles. The lowest BCUT2D eigenvalue weighted by molar-refractivity contribution is 0.186. The summed E-state index contributed by atoms with van der Waals surface area (Å²) in [5, 5.41) is 3.02. The van der Waals surface area contributed by atoms with Gasteiger partial charge in [0.15, 0.2) is 5.65 Å². The molecule has 0 amide bonds. The van der Waals surface area contributed by atoms with Crippen LogP contribution in [0.15, 0.2) is 52.8 Å². The Morgan fingerprint density at radius 2 is 2.06 bits per heavy atom. The number of aromatic nitrogens is 5. The summed E-state index contributed by atoms with van der Waals surface area (Å²) in [5.74, 6) is 1.19. The SMILES string of the molecule is [2H]C([2H])Nc1nccc(Sc2c(C)nc(N3CCC4(CC3)Cc3ncccc3[C@H]4N)n3ccnc23)c1Cl. The molecule has 1 saturated heterocycles. The van der Waals surface area contributed by atoms with Crippen molar-refractivity contribution in [2.45, 2.75) is 42.0 Å². The van der Waals surface area contributed by atoms with Crippen LogP contribution in [0, 0.1) is 12.3 Å². The zero-order valence-corrected chi connectivity index (χ0v) is 20.9. The highest BCUT2D eigenvalue weighted by molar-refractivity contribution is 7.99. The van der Waals surface area contributed by atoms with E-state index in [2.05, 4.69) is 31.2 Å². The van der Waals surface area contributed by atoms with Crippen LogP contribution in [0.5, 0.6) is 0 Å². The number of rotatable bonds is 4. The molecule has 8 nitrogen and oxygen atoms in total. The molecule has 1 atom stereocenters. The summed E-state index contributed by atoms with van der Waals surface area (Å²) < 4.78 is 16.9. The number of nitrogens with zero attached hydrogens (tertiary/aromatic N) is 6. The molecule has 2 aliphatic rings. The molecule has 1 aliphatic carbocycles. The van der Waals surface area contributed by atoms with Gasteiger partial charge in [0.2, 0.25) is 5.95 Å². The second-order valence-electron chi connectivity index (χ2n) is 9.21. The number of aryl methyl sites for hydroxylation is 1. The summed E-state index contributed by atoms with van der Waals surface area (Å²) in [7, 11) is 0. The van der Waals surface area contributed by atoms with Crippen molar-refractivity contribution in [1.82, 2.24) is 24.3 Å². The van der Waals surface area contributed by atoms with Crippen molar-refractivity contribution in [3.05, 3.63) is 65.0 Å². The standard InChI is InChI=1S/C25H27ClN8S/c1-15-20(35-18-5-9-30-22(28-2)19(18)26)23-31-10-13-34(23)24(32-15)33-11-6-25(7-12-33)14-17-16(21(25)27)4-3-8-29-17/h3-5,8-10,13,21H,6-7,11-12,14,27H2,1-2H3,(H,28,30)/t21-/m1/s1/i2D2. The van der Waals surface area contributed by atoms with Crippen molar-refractivity contribution in [3.8, 4) is 0 Å². The maximum atomic E-state index is 7.46. The molecule has 0 bridgehead atoms. The van der Waals surface area contributed by atoms with Gasteiger partial charge in [-0.3, -0.25) is 9.38 Å². The Morgan fingerprint density at radius 1 is 1.20 bits per heavy atom. The molecule has 10 heteroatoms. The lowest BCUT2D eigenvalue weighted by Crippen LogP contribution is -2.45. The van der Waals surface area contributed by atoms with Crippen LogP contribution >= 0.6 is 23.4 Å². The minimum atomic E-state index is -1.26. The van der Waals surface area contributed by atoms with Gasteiger partial charge in [0.1, 0.15) is 5.82 Å². The first kappa shape index (κ1) is 20.3. The predicted molar refractivity (Wildman–Crippen MR) is 139 cm³/mol. The van der Waals surface area contributed by atoms with Crippen LogP contribution in [0.1, 0.15) is 38.6 Å². The number of piperidine rings is 1. The summed E-state index contributed by atoms with van der Waals surface area (Å²) in [6.07, 6.45) is 10.1. The molecule has 1 aliphatic heterocycles. The second kappa shape index (κ2) is 8.65. The van der Waals surface area contributed by atoms with Crippen molar-refractivity contribution in [3.63, 3.8) is 0 Å². The summed E-state index contributed by atoms with van der Waals surface area (Å²) in [6.45, 7) is 2.44. The van der Waals surface area contributed by atoms with E-state index in [9.17, 15) is 0 Å². The van der Waals surface area contributed by atoms with Crippen molar-refractivity contribution >= 4 is 40.8 Å². The van der Waals surface area contributed by atoms with E-state index in [1.54, 1.807) is 12.4 Å². The molecule has 0 unspecified atom stereocenters. The fourth-order valence-corrected chi connectivity index (χ4v) is 6.65. The molecule has 0 aromatic carbocycles. The average molecular weight is 509 g/mol. The maximum absolute atomic E-state index is 7.46. The van der Waals surface area contributed by atoms with E-state index < -0.39 is 7.00 Å². The molecular formula is C25H27ClN8S. The molecule has 6 rings (SSSR count). The second-order valence-corrected chi connectivity index (χ2v) is 10.6. The highest BCUT2D eigenvalue weighted by Gasteiger charge is 2.46. The number of anilines is 2. The molecule has 35 heavy (non-hydrogen) atoms. The molecule has 3 N–H and O–H groups in total. The lowest BCUT2D eigenvalue weighted by atomic mass is 9.73. The first-order chi connectivity index (χ1) is 17.9. The number of imidazole rings is 1. The van der Waals surface area contributed by atoms with Crippen molar-refractivity contribution in [1.29, 1.82) is 0 Å². The molecule has 1 fully saturated rings. The Balaban J connectivity index is 1.27. The third-order valence-corrected chi connectivity index (χ3v) is 9.08. The smallest absolute Gasteiger partial charge is 0.211 e. The van der Waals surface area contributed by atoms with Crippen LogP contribution in [0.3, 0.4) is 0 Å². The van der Waals surface area contributed by atoms with Crippen LogP contribution in [-0.4, -0.2) is 44.4 Å². The van der Waals surface area contributed by atoms with Crippen molar-refractivity contribution in [2.24, 2.45) is 11.1 Å². The van der Waals surface area contributed by atoms with Gasteiger partial charge in [-0.1, -0.05) is 29.4 Å². The number of hydrogen-bond donors (Lipinski definition) is 2. The van der Waals surface area contributed by atoms with E-state index in [1.807, 2.05) is 35.9 Å². The van der Waals surface area contributed by atoms with E-state index in [-0.39, 0.29) is 11.5 Å². The number of fused-ring (bicyclic) bond motifs is 2. The quantitative estimate of drug-likeness (QED) is 0.415. The lowest BCUT2D eigenvalue weighted by Gasteiger charge is -2.42. The average Bonchev–Trinajstić information content (AvgIpc) is 3.47. The summed E-state index contributed by atoms with van der Waals surface area (Å²) in [4.78, 5) is 22.4. The number of nitrogens with one attached hydrogen (secondary N) is 1. The topological polar surface area (TPSA) is 97.3 Å². The van der Waals surface area contributed by atoms with Crippen LogP contribution < -0.4 is 16.0 Å². The molecule has 180 valence electrons. The highest BCUT2D eigenvalue weighted by Crippen LogP contribution is 2.50. The minimum Gasteiger partial charge on any atom is -0.372 e. The van der Waals surface area contributed by atoms with Crippen molar-refractivity contribution < 1.29 is 2.74 Å². The molecular weight excluding hydrogens is 480 g/mol. The first-order valence-corrected chi connectivity index (χ1v) is 12.8. The fourth-order valence-electron chi connectivity index (χ4n) is 5.40. The highest BCUT2D eigenvalue weighted by atomic mass is 35.5. The van der Waals surface area contributed by atoms with Gasteiger partial charge in [-0.2, -0.15) is 0 Å². The minimum absolute atomic E-state index is 0.0185. The zero-order valence-electron chi connectivity index (χ0n) is 21.3. The Kier molecular flexibility index (Phi) is 5.03. The Hall–Kier alpha value is -2.88. The summed E-state index contributed by atoms with van der Waals surface area (Å²) in [5.41, 5.74) is 10.8. The summed E-state index contributed by atoms with van der Waals surface area (Å²) in [6, 6.07) is 5.93. The van der Waals surface area contributed by atoms with Crippen LogP contribution in [-0.2, 0) is 6.42 Å². The van der Waals surface area contributed by atoms with Gasteiger partial charge in [-0.25, -0.2) is 15.0 Å². The number of halogens is 1. The van der Waals surface area contributed by atoms with Gasteiger partial charge in [-0.15, -0.1) is 0 Å². The van der Waals surface area contributed by atoms with E-state index in [4.69, 9.17) is 25.1 Å². The molecule has 0 radical (unpaired) electrons. The van der Waals surface area contributed by atoms with Gasteiger partial charge in [-0.05, 0) is 49.3 Å². The Labute approximate surface area is 216 Å². The molecule has 5 heterocycles. The van der Waals surface area contributed by atoms with E-state index in [0.717, 1.165) is 65.1 Å². The Bertz CT molecular complexity index is 1470. The number of nitrogens with two attached hydrogens (primary N) is 1. The van der Waals surface area contributed by atoms with Gasteiger partial charge in [0, 0.05) is 64.2 Å². The number of hydrogen-bond acceptors (Lipinski definition) is 8. The zero-order chi connectivity index (χ0) is 25.7. The largest absolute Gasteiger partial charge is 0.372 e. The van der Waals surface area contributed by atoms with Gasteiger partial charge in [0.05, 0.1) is 15.6 Å². The van der Waals surface area contributed by atoms with E-state index >= 15 is 0 Å². The van der Waals surface area contributed by atoms with Crippen LogP contribution in [0.4, 0.5) is 11.8 Å². The third kappa shape index (κ3) is 3.64. The summed E-state index contributed by atoms with van der Waals surface area (Å²) >= 11 is 8.01. The van der Waals surface area contributed by atoms with Gasteiger partial charge in [0.25, 0.3) is 0 Å². The maximum Gasteiger partial charge on any atom is 0.211 e. The van der Waals surface area contributed by atoms with Crippen LogP contribution in [0.25, 0.3) is 5.65 Å². The van der Waals surface area contributed by atoms with E-state index in [0.29, 0.717) is 10.8 Å². The van der Waals surface area contributed by atoms with Gasteiger partial charge >= 0.3 is 0 Å². The fraction of sp³-hybridized carbons (Fsp3) is 0.360. The molecule has 4 aromatic heterocycles. The van der Waals surface area contributed by atoms with Gasteiger partial charge < -0.3 is 16.0 Å². The molecule has 4 aromatic rings. The third-order valence-electron chi connectivity index (χ3n) is 7.34. The number of pyridine rings is 2. The van der Waals surface area contributed by atoms with E-state index in [1.165, 1.54) is 17.3 Å². The van der Waals surface area contributed by atoms with Crippen LogP contribution in [0.2, 0.25) is 5.02 Å². The molecule has 1 spiro atoms. The van der Waals surface area contributed by atoms with Crippen molar-refractivity contribution in [2.75, 3.05) is 30.3 Å². The first-order valence-electron chi connectivity index (χ1n) is 12.7. The normalized spacial score (nSPS) is 19.8. The monoisotopic (exact) mass is 508 g/mol.